The number of ether oxygens (including phenoxy) is 1. The van der Waals surface area contributed by atoms with Gasteiger partial charge in [0.05, 0.1) is 12.2 Å². The molecule has 0 unspecified atom stereocenters. The molecule has 6 nitrogen and oxygen atoms in total. The number of rotatable bonds is 6. The van der Waals surface area contributed by atoms with Gasteiger partial charge in [-0.05, 0) is 49.6 Å². The third-order valence-corrected chi connectivity index (χ3v) is 4.46. The number of hydrogen-bond acceptors (Lipinski definition) is 3. The molecule has 2 N–H and O–H groups in total. The van der Waals surface area contributed by atoms with E-state index in [0.29, 0.717) is 24.5 Å². The fourth-order valence-corrected chi connectivity index (χ4v) is 3.09. The number of nitrogens with one attached hydrogen (secondary N) is 2. The second-order valence-electron chi connectivity index (χ2n) is 6.44. The normalized spacial score (nSPS) is 13.3. The first-order valence-corrected chi connectivity index (χ1v) is 9.32. The highest BCUT2D eigenvalue weighted by Gasteiger charge is 2.17. The third kappa shape index (κ3) is 5.00. The molecule has 3 rings (SSSR count). The summed E-state index contributed by atoms with van der Waals surface area (Å²) in [6.07, 6.45) is 2.12. The number of carbonyl (C=O) groups is 2. The molecule has 0 saturated carbocycles. The fourth-order valence-electron chi connectivity index (χ4n) is 3.09. The average Bonchev–Trinajstić information content (AvgIpc) is 3.22. The summed E-state index contributed by atoms with van der Waals surface area (Å²) >= 11 is 0. The Morgan fingerprint density at radius 3 is 2.63 bits per heavy atom. The smallest absolute Gasteiger partial charge is 0.321 e. The van der Waals surface area contributed by atoms with Gasteiger partial charge in [-0.3, -0.25) is 4.79 Å². The lowest BCUT2D eigenvalue weighted by molar-refractivity contribution is 0.0947. The molecule has 1 fully saturated rings. The third-order valence-electron chi connectivity index (χ3n) is 4.46. The summed E-state index contributed by atoms with van der Waals surface area (Å²) in [7, 11) is 0. The van der Waals surface area contributed by atoms with Crippen LogP contribution >= 0.6 is 0 Å². The molecular weight excluding hydrogens is 342 g/mol. The number of likely N-dealkylation sites (tertiary alicyclic amines) is 1. The van der Waals surface area contributed by atoms with E-state index >= 15 is 0 Å². The van der Waals surface area contributed by atoms with Crippen LogP contribution in [0.5, 0.6) is 5.75 Å². The van der Waals surface area contributed by atoms with Gasteiger partial charge in [0.1, 0.15) is 5.75 Å². The molecule has 142 valence electrons. The highest BCUT2D eigenvalue weighted by molar-refractivity contribution is 5.96. The van der Waals surface area contributed by atoms with Gasteiger partial charge >= 0.3 is 6.03 Å². The van der Waals surface area contributed by atoms with Crippen LogP contribution in [-0.2, 0) is 6.54 Å². The topological polar surface area (TPSA) is 70.7 Å². The standard InChI is InChI=1S/C21H25N3O3/c1-2-27-19-11-4-3-10-18(19)20(25)22-15-16-8-7-9-17(14-16)23-21(26)24-12-5-6-13-24/h3-4,7-11,14H,2,5-6,12-13,15H2,1H3,(H,22,25)(H,23,26). The van der Waals surface area contributed by atoms with Crippen LogP contribution in [-0.4, -0.2) is 36.5 Å². The van der Waals surface area contributed by atoms with E-state index in [9.17, 15) is 9.59 Å². The summed E-state index contributed by atoms with van der Waals surface area (Å²) in [5, 5.41) is 5.83. The van der Waals surface area contributed by atoms with Crippen molar-refractivity contribution in [3.8, 4) is 5.75 Å². The Labute approximate surface area is 159 Å². The molecule has 1 saturated heterocycles. The Balaban J connectivity index is 1.59. The van der Waals surface area contributed by atoms with Crippen molar-refractivity contribution < 1.29 is 14.3 Å². The maximum absolute atomic E-state index is 12.5. The Bertz CT molecular complexity index is 801. The number of nitrogens with zero attached hydrogens (tertiary/aromatic N) is 1. The Kier molecular flexibility index (Phi) is 6.30. The number of hydrogen-bond donors (Lipinski definition) is 2. The quantitative estimate of drug-likeness (QED) is 0.819. The van der Waals surface area contributed by atoms with Crippen LogP contribution in [0.3, 0.4) is 0 Å². The molecule has 2 aromatic rings. The Morgan fingerprint density at radius 1 is 1.07 bits per heavy atom. The van der Waals surface area contributed by atoms with E-state index in [1.165, 1.54) is 0 Å². The van der Waals surface area contributed by atoms with E-state index < -0.39 is 0 Å². The number of para-hydroxylation sites is 1. The van der Waals surface area contributed by atoms with Crippen molar-refractivity contribution >= 4 is 17.6 Å². The lowest BCUT2D eigenvalue weighted by Gasteiger charge is -2.16. The summed E-state index contributed by atoms with van der Waals surface area (Å²) in [5.74, 6) is 0.384. The second-order valence-corrected chi connectivity index (χ2v) is 6.44. The van der Waals surface area contributed by atoms with E-state index in [2.05, 4.69) is 10.6 Å². The molecular formula is C21H25N3O3. The van der Waals surface area contributed by atoms with Crippen LogP contribution in [0.15, 0.2) is 48.5 Å². The molecule has 27 heavy (non-hydrogen) atoms. The summed E-state index contributed by atoms with van der Waals surface area (Å²) in [5.41, 5.74) is 2.16. The fraction of sp³-hybridized carbons (Fsp3) is 0.333. The van der Waals surface area contributed by atoms with Crippen LogP contribution in [0.4, 0.5) is 10.5 Å². The molecule has 0 aliphatic carbocycles. The van der Waals surface area contributed by atoms with Crippen molar-refractivity contribution in [3.05, 3.63) is 59.7 Å². The number of amides is 3. The van der Waals surface area contributed by atoms with E-state index in [4.69, 9.17) is 4.74 Å². The van der Waals surface area contributed by atoms with Crippen molar-refractivity contribution in [2.75, 3.05) is 25.0 Å². The van der Waals surface area contributed by atoms with Gasteiger partial charge in [-0.25, -0.2) is 4.79 Å². The zero-order chi connectivity index (χ0) is 19.1. The van der Waals surface area contributed by atoms with Crippen LogP contribution in [0.25, 0.3) is 0 Å². The zero-order valence-corrected chi connectivity index (χ0v) is 15.5. The molecule has 0 aromatic heterocycles. The van der Waals surface area contributed by atoms with Crippen molar-refractivity contribution in [2.24, 2.45) is 0 Å². The van der Waals surface area contributed by atoms with Crippen LogP contribution < -0.4 is 15.4 Å². The Morgan fingerprint density at radius 2 is 1.85 bits per heavy atom. The minimum absolute atomic E-state index is 0.0701. The molecule has 0 spiro atoms. The first-order chi connectivity index (χ1) is 13.2. The number of urea groups is 1. The van der Waals surface area contributed by atoms with E-state index in [-0.39, 0.29) is 11.9 Å². The number of anilines is 1. The maximum Gasteiger partial charge on any atom is 0.321 e. The van der Waals surface area contributed by atoms with E-state index in [1.807, 2.05) is 48.2 Å². The SMILES string of the molecule is CCOc1ccccc1C(=O)NCc1cccc(NC(=O)N2CCCC2)c1. The van der Waals surface area contributed by atoms with Crippen molar-refractivity contribution in [3.63, 3.8) is 0 Å². The van der Waals surface area contributed by atoms with Gasteiger partial charge in [-0.1, -0.05) is 24.3 Å². The molecule has 0 bridgehead atoms. The van der Waals surface area contributed by atoms with Gasteiger partial charge in [0, 0.05) is 25.3 Å². The molecule has 0 radical (unpaired) electrons. The molecule has 0 atom stereocenters. The predicted octanol–water partition coefficient (Wildman–Crippen LogP) is 3.64. The lowest BCUT2D eigenvalue weighted by Crippen LogP contribution is -2.32. The summed E-state index contributed by atoms with van der Waals surface area (Å²) in [6.45, 7) is 4.37. The van der Waals surface area contributed by atoms with E-state index in [0.717, 1.165) is 37.2 Å². The van der Waals surface area contributed by atoms with Crippen LogP contribution in [0.2, 0.25) is 0 Å². The van der Waals surface area contributed by atoms with Gasteiger partial charge in [-0.2, -0.15) is 0 Å². The Hall–Kier alpha value is -3.02. The molecule has 1 aliphatic heterocycles. The minimum Gasteiger partial charge on any atom is -0.493 e. The second kappa shape index (κ2) is 9.07. The summed E-state index contributed by atoms with van der Waals surface area (Å²) < 4.78 is 5.51. The number of benzene rings is 2. The lowest BCUT2D eigenvalue weighted by atomic mass is 10.1. The predicted molar refractivity (Wildman–Crippen MR) is 105 cm³/mol. The zero-order valence-electron chi connectivity index (χ0n) is 15.5. The molecule has 2 aromatic carbocycles. The molecule has 1 aliphatic rings. The van der Waals surface area contributed by atoms with Crippen LogP contribution in [0.1, 0.15) is 35.7 Å². The van der Waals surface area contributed by atoms with Crippen molar-refractivity contribution in [1.82, 2.24) is 10.2 Å². The minimum atomic E-state index is -0.189. The molecule has 3 amide bonds. The van der Waals surface area contributed by atoms with Crippen molar-refractivity contribution in [1.29, 1.82) is 0 Å². The van der Waals surface area contributed by atoms with Crippen molar-refractivity contribution in [2.45, 2.75) is 26.3 Å². The number of carbonyl (C=O) groups excluding carboxylic acids is 2. The van der Waals surface area contributed by atoms with Gasteiger partial charge in [0.25, 0.3) is 5.91 Å². The monoisotopic (exact) mass is 367 g/mol. The largest absolute Gasteiger partial charge is 0.493 e. The average molecular weight is 367 g/mol. The first kappa shape index (κ1) is 18.8. The summed E-state index contributed by atoms with van der Waals surface area (Å²) in [4.78, 5) is 26.5. The van der Waals surface area contributed by atoms with Crippen LogP contribution in [0, 0.1) is 0 Å². The molecule has 1 heterocycles. The molecule has 6 heteroatoms. The maximum atomic E-state index is 12.5. The van der Waals surface area contributed by atoms with Gasteiger partial charge in [0.2, 0.25) is 0 Å². The van der Waals surface area contributed by atoms with E-state index in [1.54, 1.807) is 12.1 Å². The first-order valence-electron chi connectivity index (χ1n) is 9.32. The van der Waals surface area contributed by atoms with Gasteiger partial charge in [0.15, 0.2) is 0 Å². The highest BCUT2D eigenvalue weighted by Crippen LogP contribution is 2.18. The van der Waals surface area contributed by atoms with Gasteiger partial charge in [-0.15, -0.1) is 0 Å². The van der Waals surface area contributed by atoms with Gasteiger partial charge < -0.3 is 20.3 Å². The summed E-state index contributed by atoms with van der Waals surface area (Å²) in [6, 6.07) is 14.6. The highest BCUT2D eigenvalue weighted by atomic mass is 16.5.